The molecular weight excluding hydrogens is 286 g/mol. The number of hydrogen-bond acceptors (Lipinski definition) is 6. The average Bonchev–Trinajstić information content (AvgIpc) is 3.03. The van der Waals surface area contributed by atoms with E-state index in [2.05, 4.69) is 15.1 Å². The summed E-state index contributed by atoms with van der Waals surface area (Å²) in [6, 6.07) is 11.4. The Labute approximate surface area is 126 Å². The molecule has 0 N–H and O–H groups in total. The summed E-state index contributed by atoms with van der Waals surface area (Å²) in [5, 5.41) is 4.81. The Kier molecular flexibility index (Phi) is 4.16. The lowest BCUT2D eigenvalue weighted by Gasteiger charge is -1.99. The second-order valence-corrected chi connectivity index (χ2v) is 5.17. The van der Waals surface area contributed by atoms with Crippen LogP contribution in [-0.2, 0) is 5.75 Å². The van der Waals surface area contributed by atoms with Crippen molar-refractivity contribution in [3.63, 3.8) is 0 Å². The largest absolute Gasteiger partial charge is 0.497 e. The minimum atomic E-state index is 0.646. The van der Waals surface area contributed by atoms with Crippen molar-refractivity contribution in [1.29, 1.82) is 0 Å². The molecule has 0 saturated heterocycles. The number of nitrogens with zero attached hydrogens (tertiary/aromatic N) is 3. The maximum Gasteiger partial charge on any atom is 0.187 e. The number of ether oxygens (including phenoxy) is 1. The highest BCUT2D eigenvalue weighted by Crippen LogP contribution is 2.25. The van der Waals surface area contributed by atoms with Gasteiger partial charge >= 0.3 is 0 Å². The number of rotatable bonds is 5. The molecule has 0 spiro atoms. The van der Waals surface area contributed by atoms with E-state index >= 15 is 0 Å². The zero-order valence-electron chi connectivity index (χ0n) is 11.4. The van der Waals surface area contributed by atoms with Crippen LogP contribution in [0.5, 0.6) is 5.75 Å². The van der Waals surface area contributed by atoms with Crippen molar-refractivity contribution >= 4 is 11.8 Å². The van der Waals surface area contributed by atoms with E-state index in [1.54, 1.807) is 25.6 Å². The zero-order valence-corrected chi connectivity index (χ0v) is 12.2. The molecule has 106 valence electrons. The number of aromatic nitrogens is 3. The molecule has 0 bridgehead atoms. The second kappa shape index (κ2) is 6.41. The number of methoxy groups -OCH3 is 1. The Morgan fingerprint density at radius 1 is 1.14 bits per heavy atom. The molecule has 5 nitrogen and oxygen atoms in total. The van der Waals surface area contributed by atoms with Crippen LogP contribution < -0.4 is 4.74 Å². The van der Waals surface area contributed by atoms with Crippen LogP contribution in [0, 0.1) is 0 Å². The Balaban J connectivity index is 1.68. The highest BCUT2D eigenvalue weighted by atomic mass is 32.2. The van der Waals surface area contributed by atoms with Gasteiger partial charge in [0, 0.05) is 24.0 Å². The summed E-state index contributed by atoms with van der Waals surface area (Å²) in [6.45, 7) is 0. The fourth-order valence-corrected chi connectivity index (χ4v) is 2.45. The van der Waals surface area contributed by atoms with E-state index in [9.17, 15) is 0 Å². The average molecular weight is 299 g/mol. The first-order chi connectivity index (χ1) is 10.3. The molecule has 3 rings (SSSR count). The van der Waals surface area contributed by atoms with E-state index in [0.29, 0.717) is 5.75 Å². The van der Waals surface area contributed by atoms with Crippen LogP contribution in [0.2, 0.25) is 0 Å². The van der Waals surface area contributed by atoms with Crippen molar-refractivity contribution in [1.82, 2.24) is 15.1 Å². The van der Waals surface area contributed by atoms with Gasteiger partial charge in [0.1, 0.15) is 17.2 Å². The maximum absolute atomic E-state index is 5.34. The summed E-state index contributed by atoms with van der Waals surface area (Å²) in [6.07, 6.45) is 3.44. The molecule has 6 heteroatoms. The first kappa shape index (κ1) is 13.6. The first-order valence-electron chi connectivity index (χ1n) is 6.35. The SMILES string of the molecule is COc1ccc(-c2cc(CSc3ncccn3)on2)cc1. The van der Waals surface area contributed by atoms with Crippen molar-refractivity contribution in [2.45, 2.75) is 10.9 Å². The first-order valence-corrected chi connectivity index (χ1v) is 7.33. The standard InChI is InChI=1S/C15H13N3O2S/c1-19-12-5-3-11(4-6-12)14-9-13(20-18-14)10-21-15-16-7-2-8-17-15/h2-9H,10H2,1H3. The van der Waals surface area contributed by atoms with Gasteiger partial charge in [0.25, 0.3) is 0 Å². The smallest absolute Gasteiger partial charge is 0.187 e. The van der Waals surface area contributed by atoms with Crippen molar-refractivity contribution in [2.75, 3.05) is 7.11 Å². The summed E-state index contributed by atoms with van der Waals surface area (Å²) in [5.74, 6) is 2.25. The van der Waals surface area contributed by atoms with E-state index < -0.39 is 0 Å². The van der Waals surface area contributed by atoms with Crippen molar-refractivity contribution in [3.8, 4) is 17.0 Å². The van der Waals surface area contributed by atoms with Crippen LogP contribution >= 0.6 is 11.8 Å². The molecule has 0 radical (unpaired) electrons. The van der Waals surface area contributed by atoms with Gasteiger partial charge in [0.05, 0.1) is 12.9 Å². The van der Waals surface area contributed by atoms with E-state index in [1.807, 2.05) is 30.3 Å². The third-order valence-corrected chi connectivity index (χ3v) is 3.73. The van der Waals surface area contributed by atoms with Crippen LogP contribution in [0.4, 0.5) is 0 Å². The molecular formula is C15H13N3O2S. The molecule has 21 heavy (non-hydrogen) atoms. The molecule has 0 fully saturated rings. The minimum absolute atomic E-state index is 0.646. The Morgan fingerprint density at radius 2 is 1.90 bits per heavy atom. The Morgan fingerprint density at radius 3 is 2.62 bits per heavy atom. The molecule has 0 unspecified atom stereocenters. The molecule has 2 aromatic heterocycles. The van der Waals surface area contributed by atoms with Crippen molar-refractivity contribution in [3.05, 3.63) is 54.6 Å². The zero-order chi connectivity index (χ0) is 14.5. The molecule has 2 heterocycles. The third-order valence-electron chi connectivity index (χ3n) is 2.83. The van der Waals surface area contributed by atoms with Gasteiger partial charge in [-0.05, 0) is 30.3 Å². The van der Waals surface area contributed by atoms with Crippen LogP contribution in [0.3, 0.4) is 0 Å². The number of benzene rings is 1. The van der Waals surface area contributed by atoms with Gasteiger partial charge < -0.3 is 9.26 Å². The van der Waals surface area contributed by atoms with Gasteiger partial charge in [-0.1, -0.05) is 16.9 Å². The fraction of sp³-hybridized carbons (Fsp3) is 0.133. The third kappa shape index (κ3) is 3.41. The van der Waals surface area contributed by atoms with Crippen LogP contribution in [0.15, 0.2) is 58.5 Å². The second-order valence-electron chi connectivity index (χ2n) is 4.23. The van der Waals surface area contributed by atoms with Gasteiger partial charge in [-0.3, -0.25) is 0 Å². The minimum Gasteiger partial charge on any atom is -0.497 e. The molecule has 0 aliphatic heterocycles. The molecule has 0 amide bonds. The van der Waals surface area contributed by atoms with Gasteiger partial charge in [-0.25, -0.2) is 9.97 Å². The lowest BCUT2D eigenvalue weighted by atomic mass is 10.1. The van der Waals surface area contributed by atoms with Crippen LogP contribution in [-0.4, -0.2) is 22.2 Å². The van der Waals surface area contributed by atoms with Gasteiger partial charge in [0.15, 0.2) is 5.16 Å². The summed E-state index contributed by atoms with van der Waals surface area (Å²) >= 11 is 1.51. The van der Waals surface area contributed by atoms with E-state index in [1.165, 1.54) is 11.8 Å². The number of hydrogen-bond donors (Lipinski definition) is 0. The van der Waals surface area contributed by atoms with Gasteiger partial charge in [-0.2, -0.15) is 0 Å². The summed E-state index contributed by atoms with van der Waals surface area (Å²) in [5.41, 5.74) is 1.80. The monoisotopic (exact) mass is 299 g/mol. The van der Waals surface area contributed by atoms with Crippen LogP contribution in [0.25, 0.3) is 11.3 Å². The molecule has 3 aromatic rings. The predicted molar refractivity (Wildman–Crippen MR) is 80.1 cm³/mol. The topological polar surface area (TPSA) is 61.0 Å². The number of thioether (sulfide) groups is 1. The molecule has 1 aromatic carbocycles. The molecule has 0 saturated carbocycles. The predicted octanol–water partition coefficient (Wildman–Crippen LogP) is 3.43. The quantitative estimate of drug-likeness (QED) is 0.531. The lowest BCUT2D eigenvalue weighted by Crippen LogP contribution is -1.84. The Bertz CT molecular complexity index is 698. The van der Waals surface area contributed by atoms with E-state index in [4.69, 9.17) is 9.26 Å². The van der Waals surface area contributed by atoms with Crippen molar-refractivity contribution < 1.29 is 9.26 Å². The van der Waals surface area contributed by atoms with Crippen molar-refractivity contribution in [2.24, 2.45) is 0 Å². The van der Waals surface area contributed by atoms with E-state index in [0.717, 1.165) is 27.9 Å². The van der Waals surface area contributed by atoms with Gasteiger partial charge in [0.2, 0.25) is 0 Å². The maximum atomic E-state index is 5.34. The van der Waals surface area contributed by atoms with Gasteiger partial charge in [-0.15, -0.1) is 0 Å². The van der Waals surface area contributed by atoms with Crippen LogP contribution in [0.1, 0.15) is 5.76 Å². The highest BCUT2D eigenvalue weighted by Gasteiger charge is 2.08. The molecule has 0 atom stereocenters. The molecule has 0 aliphatic rings. The summed E-state index contributed by atoms with van der Waals surface area (Å²) < 4.78 is 10.5. The lowest BCUT2D eigenvalue weighted by molar-refractivity contribution is 0.397. The van der Waals surface area contributed by atoms with E-state index in [-0.39, 0.29) is 0 Å². The summed E-state index contributed by atoms with van der Waals surface area (Å²) in [4.78, 5) is 8.31. The highest BCUT2D eigenvalue weighted by molar-refractivity contribution is 7.98. The summed E-state index contributed by atoms with van der Waals surface area (Å²) in [7, 11) is 1.64. The fourth-order valence-electron chi connectivity index (χ4n) is 1.77. The normalized spacial score (nSPS) is 10.5. The molecule has 0 aliphatic carbocycles. The Hall–Kier alpha value is -2.34.